The second-order valence-corrected chi connectivity index (χ2v) is 5.32. The zero-order chi connectivity index (χ0) is 11.1. The smallest absolute Gasteiger partial charge is 0.273 e. The van der Waals surface area contributed by atoms with Crippen molar-refractivity contribution in [3.63, 3.8) is 0 Å². The van der Waals surface area contributed by atoms with Gasteiger partial charge in [-0.05, 0) is 25.7 Å². The molecule has 2 aliphatic heterocycles. The molecule has 3 rings (SSSR count). The van der Waals surface area contributed by atoms with Crippen LogP contribution in [0.1, 0.15) is 36.2 Å². The van der Waals surface area contributed by atoms with Crippen molar-refractivity contribution in [3.05, 3.63) is 16.6 Å². The Balaban J connectivity index is 1.84. The molecule has 1 N–H and O–H groups in total. The zero-order valence-corrected chi connectivity index (χ0v) is 9.69. The van der Waals surface area contributed by atoms with Gasteiger partial charge in [-0.25, -0.2) is 4.98 Å². The van der Waals surface area contributed by atoms with Crippen LogP contribution in [0.3, 0.4) is 0 Å². The lowest BCUT2D eigenvalue weighted by Gasteiger charge is -2.36. The van der Waals surface area contributed by atoms with Gasteiger partial charge in [0.15, 0.2) is 0 Å². The molecule has 1 amide bonds. The molecule has 0 saturated carbocycles. The van der Waals surface area contributed by atoms with E-state index in [1.807, 2.05) is 4.90 Å². The summed E-state index contributed by atoms with van der Waals surface area (Å²) in [5.74, 6) is 0.0423. The second kappa shape index (κ2) is 3.82. The summed E-state index contributed by atoms with van der Waals surface area (Å²) < 4.78 is 0. The molecule has 4 nitrogen and oxygen atoms in total. The van der Waals surface area contributed by atoms with Gasteiger partial charge in [-0.1, -0.05) is 0 Å². The summed E-state index contributed by atoms with van der Waals surface area (Å²) in [7, 11) is 0. The number of aliphatic hydroxyl groups is 1. The maximum Gasteiger partial charge on any atom is 0.273 e. The van der Waals surface area contributed by atoms with Gasteiger partial charge in [0.25, 0.3) is 5.91 Å². The molecule has 2 saturated heterocycles. The Morgan fingerprint density at radius 2 is 2.12 bits per heavy atom. The summed E-state index contributed by atoms with van der Waals surface area (Å²) >= 11 is 1.45. The van der Waals surface area contributed by atoms with Crippen molar-refractivity contribution in [1.82, 2.24) is 9.88 Å². The highest BCUT2D eigenvalue weighted by Gasteiger charge is 2.43. The Labute approximate surface area is 97.9 Å². The number of aliphatic hydroxyl groups excluding tert-OH is 1. The first-order valence-electron chi connectivity index (χ1n) is 5.64. The normalized spacial score (nSPS) is 33.1. The molecular formula is C11H14N2O2S. The summed E-state index contributed by atoms with van der Waals surface area (Å²) in [5.41, 5.74) is 2.24. The van der Waals surface area contributed by atoms with Gasteiger partial charge in [0.2, 0.25) is 0 Å². The van der Waals surface area contributed by atoms with Gasteiger partial charge in [0, 0.05) is 17.5 Å². The molecule has 2 atom stereocenters. The Morgan fingerprint density at radius 1 is 1.44 bits per heavy atom. The fraction of sp³-hybridized carbons (Fsp3) is 0.636. The third-order valence-corrected chi connectivity index (χ3v) is 4.18. The third kappa shape index (κ3) is 1.55. The van der Waals surface area contributed by atoms with Crippen molar-refractivity contribution < 1.29 is 9.90 Å². The number of carbonyl (C=O) groups is 1. The first kappa shape index (κ1) is 10.2. The van der Waals surface area contributed by atoms with E-state index in [1.165, 1.54) is 11.3 Å². The first-order chi connectivity index (χ1) is 7.75. The lowest BCUT2D eigenvalue weighted by molar-refractivity contribution is 0.0283. The minimum Gasteiger partial charge on any atom is -0.393 e. The number of carbonyl (C=O) groups excluding carboxylic acids is 1. The fourth-order valence-electron chi connectivity index (χ4n) is 2.93. The maximum absolute atomic E-state index is 12.2. The standard InChI is InChI=1S/C11H14N2O2S/c14-9-3-7-1-2-8(4-9)13(7)11(15)10-5-16-6-12-10/h5-9,14H,1-4H2. The van der Waals surface area contributed by atoms with E-state index in [0.717, 1.165) is 25.7 Å². The largest absolute Gasteiger partial charge is 0.393 e. The summed E-state index contributed by atoms with van der Waals surface area (Å²) in [4.78, 5) is 18.2. The average Bonchev–Trinajstić information content (AvgIpc) is 2.85. The number of fused-ring (bicyclic) bond motifs is 2. The number of aromatic nitrogens is 1. The Hall–Kier alpha value is -0.940. The molecule has 2 unspecified atom stereocenters. The average molecular weight is 238 g/mol. The van der Waals surface area contributed by atoms with Crippen molar-refractivity contribution in [2.45, 2.75) is 43.9 Å². The number of piperidine rings is 1. The van der Waals surface area contributed by atoms with Gasteiger partial charge in [0.1, 0.15) is 5.69 Å². The molecule has 16 heavy (non-hydrogen) atoms. The molecule has 0 aromatic carbocycles. The fourth-order valence-corrected chi connectivity index (χ4v) is 3.46. The van der Waals surface area contributed by atoms with Gasteiger partial charge in [-0.15, -0.1) is 11.3 Å². The molecule has 1 aromatic rings. The van der Waals surface area contributed by atoms with Crippen molar-refractivity contribution in [2.24, 2.45) is 0 Å². The second-order valence-electron chi connectivity index (χ2n) is 4.60. The molecule has 2 aliphatic rings. The van der Waals surface area contributed by atoms with Gasteiger partial charge < -0.3 is 10.0 Å². The van der Waals surface area contributed by atoms with Crippen LogP contribution in [0, 0.1) is 0 Å². The highest BCUT2D eigenvalue weighted by atomic mass is 32.1. The Kier molecular flexibility index (Phi) is 2.44. The van der Waals surface area contributed by atoms with E-state index >= 15 is 0 Å². The molecular weight excluding hydrogens is 224 g/mol. The van der Waals surface area contributed by atoms with Crippen molar-refractivity contribution in [1.29, 1.82) is 0 Å². The van der Waals surface area contributed by atoms with E-state index in [4.69, 9.17) is 0 Å². The summed E-state index contributed by atoms with van der Waals surface area (Å²) in [5, 5.41) is 11.5. The number of hydrogen-bond acceptors (Lipinski definition) is 4. The van der Waals surface area contributed by atoms with Crippen LogP contribution in [-0.4, -0.2) is 39.1 Å². The molecule has 0 aliphatic carbocycles. The minimum absolute atomic E-state index is 0.0423. The number of thiazole rings is 1. The molecule has 3 heterocycles. The lowest BCUT2D eigenvalue weighted by Crippen LogP contribution is -2.48. The molecule has 0 radical (unpaired) electrons. The number of hydrogen-bond donors (Lipinski definition) is 1. The van der Waals surface area contributed by atoms with E-state index in [0.29, 0.717) is 5.69 Å². The predicted octanol–water partition coefficient (Wildman–Crippen LogP) is 1.27. The van der Waals surface area contributed by atoms with Gasteiger partial charge in [-0.3, -0.25) is 4.79 Å². The van der Waals surface area contributed by atoms with Gasteiger partial charge in [-0.2, -0.15) is 0 Å². The van der Waals surface area contributed by atoms with Crippen LogP contribution < -0.4 is 0 Å². The van der Waals surface area contributed by atoms with Crippen LogP contribution in [0.2, 0.25) is 0 Å². The van der Waals surface area contributed by atoms with Crippen LogP contribution in [0.5, 0.6) is 0 Å². The zero-order valence-electron chi connectivity index (χ0n) is 8.87. The minimum atomic E-state index is -0.225. The van der Waals surface area contributed by atoms with Crippen molar-refractivity contribution in [2.75, 3.05) is 0 Å². The monoisotopic (exact) mass is 238 g/mol. The molecule has 0 spiro atoms. The van der Waals surface area contributed by atoms with Crippen LogP contribution in [-0.2, 0) is 0 Å². The lowest BCUT2D eigenvalue weighted by atomic mass is 9.99. The summed E-state index contributed by atoms with van der Waals surface area (Å²) in [6, 6.07) is 0.450. The van der Waals surface area contributed by atoms with Gasteiger partial charge in [0.05, 0.1) is 11.6 Å². The molecule has 1 aromatic heterocycles. The van der Waals surface area contributed by atoms with Crippen LogP contribution in [0.25, 0.3) is 0 Å². The van der Waals surface area contributed by atoms with E-state index < -0.39 is 0 Å². The molecule has 5 heteroatoms. The predicted molar refractivity (Wildman–Crippen MR) is 60.3 cm³/mol. The topological polar surface area (TPSA) is 53.4 Å². The van der Waals surface area contributed by atoms with Gasteiger partial charge >= 0.3 is 0 Å². The Bertz CT molecular complexity index is 379. The first-order valence-corrected chi connectivity index (χ1v) is 6.59. The SMILES string of the molecule is O=C(c1cscn1)N1C2CCC1CC(O)C2. The molecule has 2 bridgehead atoms. The number of amides is 1. The van der Waals surface area contributed by atoms with E-state index in [-0.39, 0.29) is 24.1 Å². The van der Waals surface area contributed by atoms with E-state index in [2.05, 4.69) is 4.98 Å². The molecule has 2 fully saturated rings. The Morgan fingerprint density at radius 3 is 2.69 bits per heavy atom. The summed E-state index contributed by atoms with van der Waals surface area (Å²) in [6.45, 7) is 0. The van der Waals surface area contributed by atoms with Crippen molar-refractivity contribution in [3.8, 4) is 0 Å². The molecule has 86 valence electrons. The number of rotatable bonds is 1. The highest BCUT2D eigenvalue weighted by molar-refractivity contribution is 7.07. The number of nitrogens with zero attached hydrogens (tertiary/aromatic N) is 2. The van der Waals surface area contributed by atoms with E-state index in [1.54, 1.807) is 10.9 Å². The highest BCUT2D eigenvalue weighted by Crippen LogP contribution is 2.36. The van der Waals surface area contributed by atoms with Crippen LogP contribution >= 0.6 is 11.3 Å². The van der Waals surface area contributed by atoms with E-state index in [9.17, 15) is 9.90 Å². The van der Waals surface area contributed by atoms with Crippen LogP contribution in [0.15, 0.2) is 10.9 Å². The maximum atomic E-state index is 12.2. The third-order valence-electron chi connectivity index (χ3n) is 3.59. The van der Waals surface area contributed by atoms with Crippen LogP contribution in [0.4, 0.5) is 0 Å². The summed E-state index contributed by atoms with van der Waals surface area (Å²) in [6.07, 6.45) is 3.28. The van der Waals surface area contributed by atoms with Crippen molar-refractivity contribution >= 4 is 17.2 Å². The quantitative estimate of drug-likeness (QED) is 0.801.